The number of carbonyl (C=O) groups is 1. The maximum absolute atomic E-state index is 12.2. The van der Waals surface area contributed by atoms with Gasteiger partial charge < -0.3 is 10.2 Å². The topological polar surface area (TPSA) is 69.7 Å². The number of benzene rings is 2. The minimum Gasteiger partial charge on any atom is -0.338 e. The van der Waals surface area contributed by atoms with Crippen LogP contribution in [0.25, 0.3) is 0 Å². The second kappa shape index (κ2) is 10.2. The first-order valence-corrected chi connectivity index (χ1v) is 10.8. The summed E-state index contributed by atoms with van der Waals surface area (Å²) in [6.07, 6.45) is 2.49. The van der Waals surface area contributed by atoms with E-state index in [1.54, 1.807) is 36.2 Å². The van der Waals surface area contributed by atoms with Crippen LogP contribution < -0.4 is 5.32 Å². The van der Waals surface area contributed by atoms with E-state index >= 15 is 0 Å². The van der Waals surface area contributed by atoms with Crippen LogP contribution in [0.1, 0.15) is 17.5 Å². The summed E-state index contributed by atoms with van der Waals surface area (Å²) in [6, 6.07) is 16.9. The second-order valence-electron chi connectivity index (χ2n) is 6.92. The average molecular weight is 404 g/mol. The fourth-order valence-electron chi connectivity index (χ4n) is 2.70. The van der Waals surface area contributed by atoms with Gasteiger partial charge in [-0.3, -0.25) is 0 Å². The standard InChI is InChI=1S/C21H29N3O3S/c1-23(2)28(26,27)20-13-11-19(12-14-20)15-17-24(3)21(25)22-16-7-10-18-8-5-4-6-9-18/h4-6,8-9,11-14H,7,10,15-17H2,1-3H3,(H,22,25). The lowest BCUT2D eigenvalue weighted by atomic mass is 10.1. The molecule has 2 aromatic carbocycles. The van der Waals surface area contributed by atoms with Gasteiger partial charge in [0.1, 0.15) is 0 Å². The van der Waals surface area contributed by atoms with Gasteiger partial charge in [0.05, 0.1) is 4.90 Å². The Bertz CT molecular complexity index is 850. The Kier molecular flexibility index (Phi) is 8.02. The van der Waals surface area contributed by atoms with Crippen LogP contribution in [0.15, 0.2) is 59.5 Å². The highest BCUT2D eigenvalue weighted by molar-refractivity contribution is 7.89. The van der Waals surface area contributed by atoms with Crippen molar-refractivity contribution in [3.63, 3.8) is 0 Å². The first-order chi connectivity index (χ1) is 13.3. The molecule has 0 radical (unpaired) electrons. The van der Waals surface area contributed by atoms with E-state index in [0.29, 0.717) is 19.5 Å². The maximum Gasteiger partial charge on any atom is 0.317 e. The first-order valence-electron chi connectivity index (χ1n) is 9.35. The van der Waals surface area contributed by atoms with E-state index < -0.39 is 10.0 Å². The molecule has 28 heavy (non-hydrogen) atoms. The molecule has 0 spiro atoms. The highest BCUT2D eigenvalue weighted by atomic mass is 32.2. The van der Waals surface area contributed by atoms with Crippen LogP contribution >= 0.6 is 0 Å². The van der Waals surface area contributed by atoms with Gasteiger partial charge in [-0.15, -0.1) is 0 Å². The molecule has 0 bridgehead atoms. The van der Waals surface area contributed by atoms with Crippen molar-refractivity contribution in [3.8, 4) is 0 Å². The molecule has 0 aliphatic rings. The van der Waals surface area contributed by atoms with E-state index in [9.17, 15) is 13.2 Å². The zero-order chi connectivity index (χ0) is 20.6. The Morgan fingerprint density at radius 3 is 2.11 bits per heavy atom. The highest BCUT2D eigenvalue weighted by Crippen LogP contribution is 2.14. The summed E-state index contributed by atoms with van der Waals surface area (Å²) in [5, 5.41) is 2.93. The lowest BCUT2D eigenvalue weighted by Crippen LogP contribution is -2.38. The summed E-state index contributed by atoms with van der Waals surface area (Å²) >= 11 is 0. The Morgan fingerprint density at radius 1 is 0.893 bits per heavy atom. The number of likely N-dealkylation sites (N-methyl/N-ethyl adjacent to an activating group) is 1. The van der Waals surface area contributed by atoms with E-state index in [0.717, 1.165) is 18.4 Å². The van der Waals surface area contributed by atoms with Gasteiger partial charge in [-0.1, -0.05) is 42.5 Å². The van der Waals surface area contributed by atoms with Crippen molar-refractivity contribution >= 4 is 16.1 Å². The van der Waals surface area contributed by atoms with Gasteiger partial charge in [0.25, 0.3) is 0 Å². The number of nitrogens with zero attached hydrogens (tertiary/aromatic N) is 2. The SMILES string of the molecule is CN(CCc1ccc(S(=O)(=O)N(C)C)cc1)C(=O)NCCCc1ccccc1. The summed E-state index contributed by atoms with van der Waals surface area (Å²) < 4.78 is 25.4. The van der Waals surface area contributed by atoms with E-state index in [1.165, 1.54) is 24.0 Å². The number of nitrogens with one attached hydrogen (secondary N) is 1. The molecule has 2 rings (SSSR count). The fourth-order valence-corrected chi connectivity index (χ4v) is 3.61. The number of sulfonamides is 1. The number of hydrogen-bond acceptors (Lipinski definition) is 3. The molecule has 2 aromatic rings. The van der Waals surface area contributed by atoms with Crippen LogP contribution in [0, 0.1) is 0 Å². The minimum atomic E-state index is -3.41. The molecule has 0 aromatic heterocycles. The summed E-state index contributed by atoms with van der Waals surface area (Å²) in [4.78, 5) is 14.1. The van der Waals surface area contributed by atoms with Crippen molar-refractivity contribution in [2.45, 2.75) is 24.2 Å². The van der Waals surface area contributed by atoms with Crippen molar-refractivity contribution in [1.82, 2.24) is 14.5 Å². The highest BCUT2D eigenvalue weighted by Gasteiger charge is 2.16. The normalized spacial score (nSPS) is 11.4. The molecule has 0 saturated carbocycles. The van der Waals surface area contributed by atoms with E-state index in [1.807, 2.05) is 18.2 Å². The molecule has 0 atom stereocenters. The molecule has 2 amide bonds. The number of amides is 2. The van der Waals surface area contributed by atoms with Gasteiger partial charge in [-0.25, -0.2) is 17.5 Å². The quantitative estimate of drug-likeness (QED) is 0.655. The summed E-state index contributed by atoms with van der Waals surface area (Å²) in [6.45, 7) is 1.19. The molecule has 0 saturated heterocycles. The van der Waals surface area contributed by atoms with Crippen molar-refractivity contribution in [2.75, 3.05) is 34.2 Å². The van der Waals surface area contributed by atoms with Crippen molar-refractivity contribution in [2.24, 2.45) is 0 Å². The number of rotatable bonds is 9. The fraction of sp³-hybridized carbons (Fsp3) is 0.381. The maximum atomic E-state index is 12.2. The van der Waals surface area contributed by atoms with Crippen LogP contribution in [0.4, 0.5) is 4.79 Å². The van der Waals surface area contributed by atoms with Gasteiger partial charge in [0, 0.05) is 34.2 Å². The Hall–Kier alpha value is -2.38. The Labute approximate surface area is 168 Å². The lowest BCUT2D eigenvalue weighted by molar-refractivity contribution is 0.209. The van der Waals surface area contributed by atoms with Gasteiger partial charge in [0.2, 0.25) is 10.0 Å². The third-order valence-corrected chi connectivity index (χ3v) is 6.38. The molecule has 0 aliphatic heterocycles. The van der Waals surface area contributed by atoms with Gasteiger partial charge in [0.15, 0.2) is 0 Å². The van der Waals surface area contributed by atoms with E-state index in [-0.39, 0.29) is 10.9 Å². The minimum absolute atomic E-state index is 0.0973. The third kappa shape index (κ3) is 6.35. The zero-order valence-corrected chi connectivity index (χ0v) is 17.6. The zero-order valence-electron chi connectivity index (χ0n) is 16.8. The molecule has 0 fully saturated rings. The van der Waals surface area contributed by atoms with Gasteiger partial charge in [-0.05, 0) is 42.5 Å². The van der Waals surface area contributed by atoms with E-state index in [4.69, 9.17) is 0 Å². The number of carbonyl (C=O) groups excluding carboxylic acids is 1. The lowest BCUT2D eigenvalue weighted by Gasteiger charge is -2.18. The number of urea groups is 1. The van der Waals surface area contributed by atoms with Gasteiger partial charge in [-0.2, -0.15) is 0 Å². The van der Waals surface area contributed by atoms with Crippen molar-refractivity contribution in [1.29, 1.82) is 0 Å². The van der Waals surface area contributed by atoms with Crippen LogP contribution in [-0.2, 0) is 22.9 Å². The number of hydrogen-bond donors (Lipinski definition) is 1. The van der Waals surface area contributed by atoms with Crippen molar-refractivity contribution < 1.29 is 13.2 Å². The van der Waals surface area contributed by atoms with Crippen LogP contribution in [-0.4, -0.2) is 57.9 Å². The van der Waals surface area contributed by atoms with Crippen molar-refractivity contribution in [3.05, 3.63) is 65.7 Å². The molecule has 1 N–H and O–H groups in total. The average Bonchev–Trinajstić information content (AvgIpc) is 2.70. The van der Waals surface area contributed by atoms with Gasteiger partial charge >= 0.3 is 6.03 Å². The largest absolute Gasteiger partial charge is 0.338 e. The molecule has 0 heterocycles. The van der Waals surface area contributed by atoms with Crippen LogP contribution in [0.2, 0.25) is 0 Å². The smallest absolute Gasteiger partial charge is 0.317 e. The van der Waals surface area contributed by atoms with Crippen LogP contribution in [0.3, 0.4) is 0 Å². The monoisotopic (exact) mass is 403 g/mol. The molecule has 0 aliphatic carbocycles. The Morgan fingerprint density at radius 2 is 1.50 bits per heavy atom. The van der Waals surface area contributed by atoms with Crippen LogP contribution in [0.5, 0.6) is 0 Å². The molecular weight excluding hydrogens is 374 g/mol. The first kappa shape index (κ1) is 21.9. The summed E-state index contributed by atoms with van der Waals surface area (Å²) in [7, 11) is 1.37. The molecular formula is C21H29N3O3S. The predicted molar refractivity (Wildman–Crippen MR) is 112 cm³/mol. The third-order valence-electron chi connectivity index (χ3n) is 4.55. The van der Waals surface area contributed by atoms with E-state index in [2.05, 4.69) is 17.4 Å². The number of aryl methyl sites for hydroxylation is 1. The predicted octanol–water partition coefficient (Wildman–Crippen LogP) is 2.75. The molecule has 6 nitrogen and oxygen atoms in total. The second-order valence-corrected chi connectivity index (χ2v) is 9.08. The summed E-state index contributed by atoms with van der Waals surface area (Å²) in [5.41, 5.74) is 2.26. The Balaban J connectivity index is 1.73. The molecule has 0 unspecified atom stereocenters. The molecule has 7 heteroatoms. The summed E-state index contributed by atoms with van der Waals surface area (Å²) in [5.74, 6) is 0. The molecule has 152 valence electrons.